The summed E-state index contributed by atoms with van der Waals surface area (Å²) in [6.45, 7) is 4.52. The molecule has 0 unspecified atom stereocenters. The van der Waals surface area contributed by atoms with Gasteiger partial charge in [0.1, 0.15) is 19.0 Å². The first-order chi connectivity index (χ1) is 12.9. The third-order valence-corrected chi connectivity index (χ3v) is 4.23. The van der Waals surface area contributed by atoms with Crippen LogP contribution >= 0.6 is 0 Å². The van der Waals surface area contributed by atoms with Gasteiger partial charge in [0.15, 0.2) is 5.82 Å². The van der Waals surface area contributed by atoms with Crippen molar-refractivity contribution in [2.75, 3.05) is 44.3 Å². The average Bonchev–Trinajstić information content (AvgIpc) is 2.72. The van der Waals surface area contributed by atoms with E-state index in [4.69, 9.17) is 9.47 Å². The minimum atomic E-state index is 0.406. The fourth-order valence-electron chi connectivity index (χ4n) is 2.95. The Bertz CT molecular complexity index is 867. The van der Waals surface area contributed by atoms with Crippen LogP contribution in [-0.2, 0) is 0 Å². The number of ether oxygens (including phenoxy) is 2. The number of benzene rings is 1. The van der Waals surface area contributed by atoms with E-state index in [1.54, 1.807) is 18.6 Å². The van der Waals surface area contributed by atoms with Crippen molar-refractivity contribution >= 4 is 16.7 Å². The standard InChI is InChI=1S/C19H21N5O2/c1-2-15-14-16(3-4-17(15)21-5-1)25-12-13-26-19-18(22-6-7-23-19)24-10-8-20-9-11-24/h1-7,14,20H,8-13H2. The highest BCUT2D eigenvalue weighted by Gasteiger charge is 2.17. The zero-order chi connectivity index (χ0) is 17.6. The largest absolute Gasteiger partial charge is 0.490 e. The van der Waals surface area contributed by atoms with Crippen LogP contribution in [0.2, 0.25) is 0 Å². The Balaban J connectivity index is 1.34. The van der Waals surface area contributed by atoms with Crippen molar-refractivity contribution in [3.8, 4) is 11.6 Å². The second-order valence-electron chi connectivity index (χ2n) is 5.98. The van der Waals surface area contributed by atoms with Crippen molar-refractivity contribution in [2.45, 2.75) is 0 Å². The molecule has 0 atom stereocenters. The first kappa shape index (κ1) is 16.5. The summed E-state index contributed by atoms with van der Waals surface area (Å²) in [5.74, 6) is 2.15. The Kier molecular flexibility index (Phi) is 5.07. The lowest BCUT2D eigenvalue weighted by molar-refractivity contribution is 0.212. The van der Waals surface area contributed by atoms with Gasteiger partial charge in [-0.05, 0) is 24.3 Å². The molecule has 1 aromatic carbocycles. The number of hydrogen-bond acceptors (Lipinski definition) is 7. The number of hydrogen-bond donors (Lipinski definition) is 1. The molecule has 1 aliphatic heterocycles. The first-order valence-electron chi connectivity index (χ1n) is 8.77. The van der Waals surface area contributed by atoms with E-state index in [9.17, 15) is 0 Å². The van der Waals surface area contributed by atoms with Crippen molar-refractivity contribution in [1.29, 1.82) is 0 Å². The molecule has 1 N–H and O–H groups in total. The van der Waals surface area contributed by atoms with Crippen molar-refractivity contribution in [3.05, 3.63) is 48.9 Å². The van der Waals surface area contributed by atoms with Crippen LogP contribution in [0, 0.1) is 0 Å². The van der Waals surface area contributed by atoms with Crippen LogP contribution < -0.4 is 19.7 Å². The van der Waals surface area contributed by atoms with Crippen LogP contribution in [0.4, 0.5) is 5.82 Å². The maximum atomic E-state index is 5.83. The molecule has 7 heteroatoms. The summed E-state index contributed by atoms with van der Waals surface area (Å²) in [5, 5.41) is 4.39. The monoisotopic (exact) mass is 351 g/mol. The second kappa shape index (κ2) is 7.97. The van der Waals surface area contributed by atoms with Gasteiger partial charge in [0.2, 0.25) is 0 Å². The molecule has 26 heavy (non-hydrogen) atoms. The Morgan fingerprint density at radius 2 is 1.77 bits per heavy atom. The van der Waals surface area contributed by atoms with Gasteiger partial charge in [0, 0.05) is 50.2 Å². The predicted molar refractivity (Wildman–Crippen MR) is 99.8 cm³/mol. The number of anilines is 1. The van der Waals surface area contributed by atoms with Crippen LogP contribution in [0.1, 0.15) is 0 Å². The number of pyridine rings is 1. The molecule has 7 nitrogen and oxygen atoms in total. The maximum Gasteiger partial charge on any atom is 0.257 e. The molecular weight excluding hydrogens is 330 g/mol. The van der Waals surface area contributed by atoms with Crippen molar-refractivity contribution in [2.24, 2.45) is 0 Å². The van der Waals surface area contributed by atoms with Crippen molar-refractivity contribution in [3.63, 3.8) is 0 Å². The molecule has 0 spiro atoms. The van der Waals surface area contributed by atoms with Gasteiger partial charge >= 0.3 is 0 Å². The molecule has 0 amide bonds. The van der Waals surface area contributed by atoms with Crippen LogP contribution in [0.3, 0.4) is 0 Å². The van der Waals surface area contributed by atoms with Crippen molar-refractivity contribution in [1.82, 2.24) is 20.3 Å². The Labute approximate surface area is 152 Å². The second-order valence-corrected chi connectivity index (χ2v) is 5.98. The number of nitrogens with zero attached hydrogens (tertiary/aromatic N) is 4. The van der Waals surface area contributed by atoms with E-state index < -0.39 is 0 Å². The third kappa shape index (κ3) is 3.83. The molecular formula is C19H21N5O2. The van der Waals surface area contributed by atoms with Crippen LogP contribution in [0.15, 0.2) is 48.9 Å². The Hall–Kier alpha value is -2.93. The smallest absolute Gasteiger partial charge is 0.257 e. The van der Waals surface area contributed by atoms with Crippen LogP contribution in [0.25, 0.3) is 10.9 Å². The highest BCUT2D eigenvalue weighted by Crippen LogP contribution is 2.23. The minimum absolute atomic E-state index is 0.406. The molecule has 2 aromatic heterocycles. The highest BCUT2D eigenvalue weighted by atomic mass is 16.5. The van der Waals surface area contributed by atoms with E-state index in [2.05, 4.69) is 25.2 Å². The van der Waals surface area contributed by atoms with E-state index >= 15 is 0 Å². The lowest BCUT2D eigenvalue weighted by Gasteiger charge is -2.28. The van der Waals surface area contributed by atoms with E-state index in [1.165, 1.54) is 0 Å². The molecule has 0 aliphatic carbocycles. The van der Waals surface area contributed by atoms with E-state index in [-0.39, 0.29) is 0 Å². The van der Waals surface area contributed by atoms with Gasteiger partial charge < -0.3 is 19.7 Å². The first-order valence-corrected chi connectivity index (χ1v) is 8.77. The summed E-state index contributed by atoms with van der Waals surface area (Å²) < 4.78 is 11.6. The molecule has 1 saturated heterocycles. The third-order valence-electron chi connectivity index (χ3n) is 4.23. The number of rotatable bonds is 6. The summed E-state index contributed by atoms with van der Waals surface area (Å²) in [6, 6.07) is 9.79. The molecule has 4 rings (SSSR count). The van der Waals surface area contributed by atoms with E-state index in [0.717, 1.165) is 48.6 Å². The predicted octanol–water partition coefficient (Wildman–Crippen LogP) is 1.89. The lowest BCUT2D eigenvalue weighted by Crippen LogP contribution is -2.44. The van der Waals surface area contributed by atoms with Gasteiger partial charge in [-0.25, -0.2) is 9.97 Å². The van der Waals surface area contributed by atoms with Gasteiger partial charge in [0.25, 0.3) is 5.88 Å². The Morgan fingerprint density at radius 1 is 0.923 bits per heavy atom. The lowest BCUT2D eigenvalue weighted by atomic mass is 10.2. The number of piperazine rings is 1. The zero-order valence-corrected chi connectivity index (χ0v) is 14.5. The normalized spacial score (nSPS) is 14.4. The van der Waals surface area contributed by atoms with Gasteiger partial charge in [-0.1, -0.05) is 6.07 Å². The zero-order valence-electron chi connectivity index (χ0n) is 14.5. The summed E-state index contributed by atoms with van der Waals surface area (Å²) in [4.78, 5) is 15.3. The number of nitrogens with one attached hydrogen (secondary N) is 1. The Morgan fingerprint density at radius 3 is 2.69 bits per heavy atom. The number of fused-ring (bicyclic) bond motifs is 1. The van der Waals surface area contributed by atoms with Gasteiger partial charge in [-0.15, -0.1) is 0 Å². The molecule has 0 saturated carbocycles. The van der Waals surface area contributed by atoms with Crippen molar-refractivity contribution < 1.29 is 9.47 Å². The SMILES string of the molecule is c1cnc2ccc(OCCOc3nccnc3N3CCNCC3)cc2c1. The van der Waals surface area contributed by atoms with Gasteiger partial charge in [-0.3, -0.25) is 4.98 Å². The summed E-state index contributed by atoms with van der Waals surface area (Å²) in [5.41, 5.74) is 0.955. The summed E-state index contributed by atoms with van der Waals surface area (Å²) >= 11 is 0. The fourth-order valence-corrected chi connectivity index (χ4v) is 2.95. The summed E-state index contributed by atoms with van der Waals surface area (Å²) in [6.07, 6.45) is 5.13. The van der Waals surface area contributed by atoms with E-state index in [1.807, 2.05) is 30.3 Å². The topological polar surface area (TPSA) is 72.4 Å². The molecule has 134 valence electrons. The molecule has 3 aromatic rings. The van der Waals surface area contributed by atoms with Gasteiger partial charge in [-0.2, -0.15) is 0 Å². The quantitative estimate of drug-likeness (QED) is 0.680. The molecule has 0 radical (unpaired) electrons. The maximum absolute atomic E-state index is 5.83. The average molecular weight is 351 g/mol. The van der Waals surface area contributed by atoms with Crippen LogP contribution in [-0.4, -0.2) is 54.3 Å². The molecule has 1 aliphatic rings. The molecule has 0 bridgehead atoms. The van der Waals surface area contributed by atoms with E-state index in [0.29, 0.717) is 19.1 Å². The fraction of sp³-hybridized carbons (Fsp3) is 0.316. The van der Waals surface area contributed by atoms with Gasteiger partial charge in [0.05, 0.1) is 5.52 Å². The summed E-state index contributed by atoms with van der Waals surface area (Å²) in [7, 11) is 0. The minimum Gasteiger partial charge on any atom is -0.490 e. The molecule has 1 fully saturated rings. The molecule has 3 heterocycles. The highest BCUT2D eigenvalue weighted by molar-refractivity contribution is 5.79. The van der Waals surface area contributed by atoms with Crippen LogP contribution in [0.5, 0.6) is 11.6 Å². The number of aromatic nitrogens is 3.